The Labute approximate surface area is 206 Å². The molecule has 1 aromatic carbocycles. The van der Waals surface area contributed by atoms with E-state index in [-0.39, 0.29) is 24.0 Å². The zero-order valence-corrected chi connectivity index (χ0v) is 22.0. The Hall–Kier alpha value is -0.900. The lowest BCUT2D eigenvalue weighted by atomic mass is 10.0. The molecule has 1 fully saturated rings. The zero-order chi connectivity index (χ0) is 21.4. The number of guanidine groups is 1. The van der Waals surface area contributed by atoms with E-state index in [2.05, 4.69) is 71.8 Å². The summed E-state index contributed by atoms with van der Waals surface area (Å²) < 4.78 is 11.2. The molecule has 0 aliphatic carbocycles. The third-order valence-corrected chi connectivity index (χ3v) is 5.64. The second-order valence-electron chi connectivity index (χ2n) is 8.21. The molecule has 0 bridgehead atoms. The van der Waals surface area contributed by atoms with E-state index in [4.69, 9.17) is 9.47 Å². The number of halogens is 1. The number of ether oxygens (including phenoxy) is 2. The van der Waals surface area contributed by atoms with Crippen LogP contribution in [0, 0.1) is 5.92 Å². The Morgan fingerprint density at radius 3 is 2.68 bits per heavy atom. The van der Waals surface area contributed by atoms with E-state index >= 15 is 0 Å². The summed E-state index contributed by atoms with van der Waals surface area (Å²) in [6.45, 7) is 11.3. The first-order chi connectivity index (χ1) is 14.7. The van der Waals surface area contributed by atoms with Gasteiger partial charge in [0.2, 0.25) is 0 Å². The normalized spacial score (nSPS) is 16.1. The van der Waals surface area contributed by atoms with Crippen LogP contribution in [-0.4, -0.2) is 70.0 Å². The molecule has 1 unspecified atom stereocenters. The standard InChI is InChI=1S/C24H42N4O2.HI/c1-4-25-24(26-14-8-16-30-20-23-12-17-29-18-13-23)27-15-11-21(2)28(3)19-22-9-6-5-7-10-22;/h5-7,9-10,21,23H,4,8,11-20H2,1-3H3,(H2,25,26,27);1H. The minimum atomic E-state index is 0. The van der Waals surface area contributed by atoms with Gasteiger partial charge < -0.3 is 20.1 Å². The molecule has 0 radical (unpaired) electrons. The highest BCUT2D eigenvalue weighted by Gasteiger charge is 2.13. The van der Waals surface area contributed by atoms with E-state index in [0.29, 0.717) is 12.0 Å². The second kappa shape index (κ2) is 17.6. The average molecular weight is 547 g/mol. The smallest absolute Gasteiger partial charge is 0.191 e. The summed E-state index contributed by atoms with van der Waals surface area (Å²) in [7, 11) is 2.19. The number of benzene rings is 1. The van der Waals surface area contributed by atoms with Crippen molar-refractivity contribution in [2.24, 2.45) is 10.9 Å². The SMILES string of the molecule is CCNC(=NCCCOCC1CCOCC1)NCCC(C)N(C)Cc1ccccc1.I. The highest BCUT2D eigenvalue weighted by Crippen LogP contribution is 2.14. The van der Waals surface area contributed by atoms with Crippen LogP contribution in [-0.2, 0) is 16.0 Å². The molecule has 6 nitrogen and oxygen atoms in total. The Morgan fingerprint density at radius 1 is 1.23 bits per heavy atom. The van der Waals surface area contributed by atoms with Gasteiger partial charge in [0.1, 0.15) is 0 Å². The molecule has 0 amide bonds. The van der Waals surface area contributed by atoms with Crippen LogP contribution < -0.4 is 10.6 Å². The third-order valence-electron chi connectivity index (χ3n) is 5.64. The fourth-order valence-electron chi connectivity index (χ4n) is 3.51. The fraction of sp³-hybridized carbons (Fsp3) is 0.708. The van der Waals surface area contributed by atoms with Crippen molar-refractivity contribution in [1.82, 2.24) is 15.5 Å². The van der Waals surface area contributed by atoms with Crippen molar-refractivity contribution in [3.63, 3.8) is 0 Å². The molecule has 2 N–H and O–H groups in total. The molecule has 1 heterocycles. The fourth-order valence-corrected chi connectivity index (χ4v) is 3.51. The van der Waals surface area contributed by atoms with E-state index < -0.39 is 0 Å². The third kappa shape index (κ3) is 12.7. The number of rotatable bonds is 13. The molecule has 0 aromatic heterocycles. The minimum Gasteiger partial charge on any atom is -0.381 e. The Bertz CT molecular complexity index is 582. The molecular weight excluding hydrogens is 503 g/mol. The largest absolute Gasteiger partial charge is 0.381 e. The van der Waals surface area contributed by atoms with Crippen molar-refractivity contribution in [2.75, 3.05) is 53.1 Å². The van der Waals surface area contributed by atoms with Crippen molar-refractivity contribution in [2.45, 2.75) is 52.1 Å². The van der Waals surface area contributed by atoms with Crippen LogP contribution in [0.5, 0.6) is 0 Å². The Morgan fingerprint density at radius 2 is 1.97 bits per heavy atom. The summed E-state index contributed by atoms with van der Waals surface area (Å²) in [6.07, 6.45) is 4.29. The molecule has 7 heteroatoms. The van der Waals surface area contributed by atoms with Gasteiger partial charge in [-0.2, -0.15) is 0 Å². The maximum atomic E-state index is 5.83. The van der Waals surface area contributed by atoms with Gasteiger partial charge in [-0.15, -0.1) is 24.0 Å². The molecule has 1 atom stereocenters. The molecule has 1 aliphatic rings. The number of hydrogen-bond acceptors (Lipinski definition) is 4. The van der Waals surface area contributed by atoms with E-state index in [0.717, 1.165) is 84.2 Å². The van der Waals surface area contributed by atoms with Crippen LogP contribution in [0.1, 0.15) is 45.1 Å². The summed E-state index contributed by atoms with van der Waals surface area (Å²) in [5, 5.41) is 6.81. The molecular formula is C24H43IN4O2. The molecule has 1 aromatic rings. The van der Waals surface area contributed by atoms with Gasteiger partial charge in [-0.05, 0) is 58.1 Å². The highest BCUT2D eigenvalue weighted by atomic mass is 127. The van der Waals surface area contributed by atoms with Crippen LogP contribution in [0.25, 0.3) is 0 Å². The van der Waals surface area contributed by atoms with E-state index in [1.54, 1.807) is 0 Å². The van der Waals surface area contributed by atoms with Crippen molar-refractivity contribution in [1.29, 1.82) is 0 Å². The van der Waals surface area contributed by atoms with Gasteiger partial charge in [-0.25, -0.2) is 0 Å². The van der Waals surface area contributed by atoms with Crippen LogP contribution >= 0.6 is 24.0 Å². The summed E-state index contributed by atoms with van der Waals surface area (Å²) >= 11 is 0. The van der Waals surface area contributed by atoms with Crippen LogP contribution in [0.2, 0.25) is 0 Å². The van der Waals surface area contributed by atoms with E-state index in [1.807, 2.05) is 0 Å². The highest BCUT2D eigenvalue weighted by molar-refractivity contribution is 14.0. The predicted octanol–water partition coefficient (Wildman–Crippen LogP) is 3.90. The van der Waals surface area contributed by atoms with Crippen LogP contribution in [0.3, 0.4) is 0 Å². The maximum absolute atomic E-state index is 5.83. The number of nitrogens with one attached hydrogen (secondary N) is 2. The zero-order valence-electron chi connectivity index (χ0n) is 19.6. The van der Waals surface area contributed by atoms with Gasteiger partial charge >= 0.3 is 0 Å². The molecule has 1 aliphatic heterocycles. The molecule has 178 valence electrons. The molecule has 2 rings (SSSR count). The van der Waals surface area contributed by atoms with Crippen LogP contribution in [0.4, 0.5) is 0 Å². The summed E-state index contributed by atoms with van der Waals surface area (Å²) in [5.41, 5.74) is 1.36. The lowest BCUT2D eigenvalue weighted by Crippen LogP contribution is -2.40. The maximum Gasteiger partial charge on any atom is 0.191 e. The number of aliphatic imine (C=N–C) groups is 1. The number of nitrogens with zero attached hydrogens (tertiary/aromatic N) is 2. The lowest BCUT2D eigenvalue weighted by Gasteiger charge is -2.25. The topological polar surface area (TPSA) is 58.1 Å². The van der Waals surface area contributed by atoms with E-state index in [9.17, 15) is 0 Å². The van der Waals surface area contributed by atoms with Crippen molar-refractivity contribution in [3.8, 4) is 0 Å². The Kier molecular flexibility index (Phi) is 16.0. The van der Waals surface area contributed by atoms with Gasteiger partial charge in [-0.1, -0.05) is 30.3 Å². The van der Waals surface area contributed by atoms with Gasteiger partial charge in [0.05, 0.1) is 0 Å². The first kappa shape index (κ1) is 28.1. The molecule has 0 spiro atoms. The second-order valence-corrected chi connectivity index (χ2v) is 8.21. The van der Waals surface area contributed by atoms with Gasteiger partial charge in [0.15, 0.2) is 5.96 Å². The summed E-state index contributed by atoms with van der Waals surface area (Å²) in [6, 6.07) is 11.1. The lowest BCUT2D eigenvalue weighted by molar-refractivity contribution is 0.0205. The summed E-state index contributed by atoms with van der Waals surface area (Å²) in [5.74, 6) is 1.57. The summed E-state index contributed by atoms with van der Waals surface area (Å²) in [4.78, 5) is 7.09. The Balaban J connectivity index is 0.00000480. The predicted molar refractivity (Wildman–Crippen MR) is 140 cm³/mol. The first-order valence-electron chi connectivity index (χ1n) is 11.6. The molecule has 31 heavy (non-hydrogen) atoms. The van der Waals surface area contributed by atoms with Gasteiger partial charge in [0, 0.05) is 58.6 Å². The minimum absolute atomic E-state index is 0. The van der Waals surface area contributed by atoms with Crippen molar-refractivity contribution >= 4 is 29.9 Å². The quantitative estimate of drug-likeness (QED) is 0.170. The van der Waals surface area contributed by atoms with Crippen molar-refractivity contribution in [3.05, 3.63) is 35.9 Å². The van der Waals surface area contributed by atoms with Gasteiger partial charge in [0.25, 0.3) is 0 Å². The molecule has 1 saturated heterocycles. The van der Waals surface area contributed by atoms with Crippen molar-refractivity contribution < 1.29 is 9.47 Å². The molecule has 0 saturated carbocycles. The average Bonchev–Trinajstić information content (AvgIpc) is 2.77. The number of hydrogen-bond donors (Lipinski definition) is 2. The van der Waals surface area contributed by atoms with E-state index in [1.165, 1.54) is 5.56 Å². The monoisotopic (exact) mass is 546 g/mol. The first-order valence-corrected chi connectivity index (χ1v) is 11.6. The van der Waals surface area contributed by atoms with Gasteiger partial charge in [-0.3, -0.25) is 9.89 Å². The van der Waals surface area contributed by atoms with Crippen LogP contribution in [0.15, 0.2) is 35.3 Å².